The van der Waals surface area contributed by atoms with Gasteiger partial charge in [0.25, 0.3) is 0 Å². The van der Waals surface area contributed by atoms with Crippen LogP contribution in [0.4, 0.5) is 13.2 Å². The fourth-order valence-electron chi connectivity index (χ4n) is 3.06. The van der Waals surface area contributed by atoms with Crippen molar-refractivity contribution in [3.63, 3.8) is 0 Å². The summed E-state index contributed by atoms with van der Waals surface area (Å²) in [5.41, 5.74) is 6.72. The van der Waals surface area contributed by atoms with E-state index in [9.17, 15) is 13.2 Å². The molecule has 0 spiro atoms. The van der Waals surface area contributed by atoms with Gasteiger partial charge in [-0.25, -0.2) is 13.2 Å². The van der Waals surface area contributed by atoms with Crippen LogP contribution in [0.5, 0.6) is 5.75 Å². The molecular weight excluding hydrogens is 379 g/mol. The Labute approximate surface area is 161 Å². The zero-order chi connectivity index (χ0) is 18.7. The summed E-state index contributed by atoms with van der Waals surface area (Å²) in [6, 6.07) is 9.16. The first-order valence-corrected chi connectivity index (χ1v) is 8.30. The van der Waals surface area contributed by atoms with Crippen molar-refractivity contribution in [3.8, 4) is 23.1 Å². The highest BCUT2D eigenvalue weighted by atomic mass is 35.5. The molecule has 2 atom stereocenters. The Hall–Kier alpha value is -2.30. The van der Waals surface area contributed by atoms with Gasteiger partial charge in [-0.05, 0) is 36.8 Å². The average molecular weight is 398 g/mol. The second kappa shape index (κ2) is 8.59. The SMILES string of the molecule is Cl.N#Cc1cnc(-c2ccc(OC[C@H]3CC(F)(F)CC[C@@H]3N)cc2)c(F)c1. The predicted octanol–water partition coefficient (Wildman–Crippen LogP) is 4.32. The zero-order valence-electron chi connectivity index (χ0n) is 14.4. The van der Waals surface area contributed by atoms with E-state index < -0.39 is 17.7 Å². The van der Waals surface area contributed by atoms with Gasteiger partial charge < -0.3 is 10.5 Å². The van der Waals surface area contributed by atoms with Crippen LogP contribution >= 0.6 is 12.4 Å². The maximum atomic E-state index is 14.0. The van der Waals surface area contributed by atoms with Gasteiger partial charge in [0.05, 0.1) is 12.2 Å². The molecule has 1 heterocycles. The molecule has 4 nitrogen and oxygen atoms in total. The number of pyridine rings is 1. The van der Waals surface area contributed by atoms with Gasteiger partial charge in [-0.1, -0.05) is 0 Å². The molecule has 0 radical (unpaired) electrons. The maximum Gasteiger partial charge on any atom is 0.248 e. The molecule has 0 bridgehead atoms. The number of benzene rings is 1. The second-order valence-electron chi connectivity index (χ2n) is 6.52. The molecule has 8 heteroatoms. The van der Waals surface area contributed by atoms with Crippen molar-refractivity contribution in [3.05, 3.63) is 47.9 Å². The molecule has 3 rings (SSSR count). The van der Waals surface area contributed by atoms with Crippen LogP contribution in [0.15, 0.2) is 36.5 Å². The minimum atomic E-state index is -2.69. The third kappa shape index (κ3) is 5.12. The van der Waals surface area contributed by atoms with E-state index >= 15 is 0 Å². The van der Waals surface area contributed by atoms with E-state index in [1.54, 1.807) is 24.3 Å². The minimum absolute atomic E-state index is 0. The molecule has 2 N–H and O–H groups in total. The van der Waals surface area contributed by atoms with Gasteiger partial charge in [0.1, 0.15) is 17.5 Å². The molecule has 2 aromatic rings. The van der Waals surface area contributed by atoms with Gasteiger partial charge >= 0.3 is 0 Å². The van der Waals surface area contributed by atoms with E-state index in [2.05, 4.69) is 4.98 Å². The van der Waals surface area contributed by atoms with Crippen LogP contribution in [0.1, 0.15) is 24.8 Å². The molecule has 1 fully saturated rings. The van der Waals surface area contributed by atoms with Crippen molar-refractivity contribution in [2.45, 2.75) is 31.2 Å². The van der Waals surface area contributed by atoms with Gasteiger partial charge in [0.2, 0.25) is 5.92 Å². The first kappa shape index (κ1) is 21.0. The number of aromatic nitrogens is 1. The van der Waals surface area contributed by atoms with E-state index in [1.165, 1.54) is 6.20 Å². The molecule has 144 valence electrons. The molecule has 0 unspecified atom stereocenters. The summed E-state index contributed by atoms with van der Waals surface area (Å²) in [7, 11) is 0. The summed E-state index contributed by atoms with van der Waals surface area (Å²) in [6.45, 7) is 0.111. The van der Waals surface area contributed by atoms with Gasteiger partial charge in [-0.15, -0.1) is 12.4 Å². The molecule has 1 aromatic carbocycles. The van der Waals surface area contributed by atoms with Crippen LogP contribution in [0.25, 0.3) is 11.3 Å². The Kier molecular flexibility index (Phi) is 6.68. The Morgan fingerprint density at radius 2 is 2.00 bits per heavy atom. The van der Waals surface area contributed by atoms with Gasteiger partial charge in [0.15, 0.2) is 5.82 Å². The van der Waals surface area contributed by atoms with Gasteiger partial charge in [0, 0.05) is 36.6 Å². The van der Waals surface area contributed by atoms with Crippen molar-refractivity contribution in [1.82, 2.24) is 4.98 Å². The molecule has 0 amide bonds. The number of nitriles is 1. The van der Waals surface area contributed by atoms with E-state index in [0.717, 1.165) is 6.07 Å². The highest BCUT2D eigenvalue weighted by Crippen LogP contribution is 2.36. The highest BCUT2D eigenvalue weighted by molar-refractivity contribution is 5.85. The number of nitrogens with zero attached hydrogens (tertiary/aromatic N) is 2. The average Bonchev–Trinajstić information content (AvgIpc) is 2.63. The highest BCUT2D eigenvalue weighted by Gasteiger charge is 2.40. The molecule has 1 aliphatic rings. The Balaban J connectivity index is 0.00000261. The second-order valence-corrected chi connectivity index (χ2v) is 6.52. The summed E-state index contributed by atoms with van der Waals surface area (Å²) in [4.78, 5) is 3.96. The summed E-state index contributed by atoms with van der Waals surface area (Å²) in [6.07, 6.45) is 1.13. The van der Waals surface area contributed by atoms with Crippen LogP contribution in [0.3, 0.4) is 0 Å². The topological polar surface area (TPSA) is 71.9 Å². The summed E-state index contributed by atoms with van der Waals surface area (Å²) >= 11 is 0. The van der Waals surface area contributed by atoms with Crippen LogP contribution in [0.2, 0.25) is 0 Å². The summed E-state index contributed by atoms with van der Waals surface area (Å²) in [5.74, 6) is -3.19. The van der Waals surface area contributed by atoms with E-state index in [1.807, 2.05) is 6.07 Å². The van der Waals surface area contributed by atoms with Gasteiger partial charge in [-0.2, -0.15) is 5.26 Å². The van der Waals surface area contributed by atoms with Crippen molar-refractivity contribution < 1.29 is 17.9 Å². The summed E-state index contributed by atoms with van der Waals surface area (Å²) < 4.78 is 46.6. The number of hydrogen-bond donors (Lipinski definition) is 1. The van der Waals surface area contributed by atoms with Crippen molar-refractivity contribution in [2.24, 2.45) is 11.7 Å². The lowest BCUT2D eigenvalue weighted by atomic mass is 9.83. The molecule has 27 heavy (non-hydrogen) atoms. The Bertz CT molecular complexity index is 824. The lowest BCUT2D eigenvalue weighted by Gasteiger charge is -2.33. The first-order chi connectivity index (χ1) is 12.4. The van der Waals surface area contributed by atoms with Crippen molar-refractivity contribution >= 4 is 12.4 Å². The lowest BCUT2D eigenvalue weighted by molar-refractivity contribution is -0.0643. The molecule has 1 aliphatic carbocycles. The van der Waals surface area contributed by atoms with Crippen molar-refractivity contribution in [1.29, 1.82) is 5.26 Å². The largest absolute Gasteiger partial charge is 0.493 e. The number of ether oxygens (including phenoxy) is 1. The maximum absolute atomic E-state index is 14.0. The van der Waals surface area contributed by atoms with Crippen LogP contribution in [-0.4, -0.2) is 23.6 Å². The summed E-state index contributed by atoms with van der Waals surface area (Å²) in [5, 5.41) is 8.75. The minimum Gasteiger partial charge on any atom is -0.493 e. The third-order valence-corrected chi connectivity index (χ3v) is 4.57. The molecule has 1 aromatic heterocycles. The first-order valence-electron chi connectivity index (χ1n) is 8.30. The normalized spacial score (nSPS) is 21.0. The van der Waals surface area contributed by atoms with Crippen molar-refractivity contribution in [2.75, 3.05) is 6.61 Å². The standard InChI is InChI=1S/C19H18F3N3O.ClH/c20-16-7-12(9-23)10-25-18(16)13-1-3-15(4-2-13)26-11-14-8-19(21,22)6-5-17(14)24;/h1-4,7,10,14,17H,5-6,8,11,24H2;1H/t14-,17+;/m1./s1. The van der Waals surface area contributed by atoms with Crippen LogP contribution in [-0.2, 0) is 0 Å². The fraction of sp³-hybridized carbons (Fsp3) is 0.368. The van der Waals surface area contributed by atoms with E-state index in [4.69, 9.17) is 15.7 Å². The van der Waals surface area contributed by atoms with E-state index in [-0.39, 0.29) is 55.6 Å². The zero-order valence-corrected chi connectivity index (χ0v) is 15.2. The molecule has 0 saturated heterocycles. The monoisotopic (exact) mass is 397 g/mol. The fourth-order valence-corrected chi connectivity index (χ4v) is 3.06. The van der Waals surface area contributed by atoms with E-state index in [0.29, 0.717) is 11.3 Å². The number of nitrogens with two attached hydrogens (primary N) is 1. The number of halogens is 4. The van der Waals surface area contributed by atoms with Crippen LogP contribution in [0, 0.1) is 23.1 Å². The number of rotatable bonds is 4. The Morgan fingerprint density at radius 1 is 1.30 bits per heavy atom. The predicted molar refractivity (Wildman–Crippen MR) is 97.4 cm³/mol. The lowest BCUT2D eigenvalue weighted by Crippen LogP contribution is -2.43. The van der Waals surface area contributed by atoms with Gasteiger partial charge in [-0.3, -0.25) is 4.98 Å². The molecular formula is C19H19ClF3N3O. The number of hydrogen-bond acceptors (Lipinski definition) is 4. The molecule has 0 aliphatic heterocycles. The third-order valence-electron chi connectivity index (χ3n) is 4.57. The Morgan fingerprint density at radius 3 is 2.63 bits per heavy atom. The number of alkyl halides is 2. The smallest absolute Gasteiger partial charge is 0.248 e. The molecule has 1 saturated carbocycles. The van der Waals surface area contributed by atoms with Crippen LogP contribution < -0.4 is 10.5 Å². The quantitative estimate of drug-likeness (QED) is 0.833.